The second-order valence-corrected chi connectivity index (χ2v) is 6.68. The maximum absolute atomic E-state index is 12.8. The molecule has 0 aliphatic carbocycles. The molecule has 0 aromatic heterocycles. The van der Waals surface area contributed by atoms with Gasteiger partial charge in [-0.1, -0.05) is 23.7 Å². The third-order valence-electron chi connectivity index (χ3n) is 4.76. The smallest absolute Gasteiger partial charge is 0.228 e. The number of piperidine rings is 1. The fourth-order valence-electron chi connectivity index (χ4n) is 3.45. The zero-order valence-electron chi connectivity index (χ0n) is 13.3. The molecule has 3 rings (SSSR count). The molecule has 2 heterocycles. The van der Waals surface area contributed by atoms with E-state index in [2.05, 4.69) is 5.32 Å². The number of likely N-dealkylation sites (N-methyl/N-ethyl adjacent to an activating group) is 1. The summed E-state index contributed by atoms with van der Waals surface area (Å²) >= 11 is 6.19. The molecule has 0 saturated carbocycles. The van der Waals surface area contributed by atoms with Gasteiger partial charge in [-0.05, 0) is 32.0 Å². The molecule has 2 saturated heterocycles. The number of hydrogen-bond donors (Lipinski definition) is 1. The first-order valence-corrected chi connectivity index (χ1v) is 8.49. The second kappa shape index (κ2) is 6.89. The summed E-state index contributed by atoms with van der Waals surface area (Å²) in [4.78, 5) is 28.6. The highest BCUT2D eigenvalue weighted by Gasteiger charge is 2.38. The van der Waals surface area contributed by atoms with Crippen molar-refractivity contribution in [3.63, 3.8) is 0 Å². The number of para-hydroxylation sites is 1. The third-order valence-corrected chi connectivity index (χ3v) is 5.08. The van der Waals surface area contributed by atoms with Crippen LogP contribution in [0, 0.1) is 5.92 Å². The van der Waals surface area contributed by atoms with E-state index in [1.807, 2.05) is 30.1 Å². The van der Waals surface area contributed by atoms with Crippen molar-refractivity contribution in [1.82, 2.24) is 10.2 Å². The van der Waals surface area contributed by atoms with Crippen molar-refractivity contribution in [3.8, 4) is 0 Å². The molecule has 2 aliphatic rings. The van der Waals surface area contributed by atoms with Crippen molar-refractivity contribution in [1.29, 1.82) is 0 Å². The molecular formula is C17H22ClN3O2. The van der Waals surface area contributed by atoms with Gasteiger partial charge < -0.3 is 15.1 Å². The minimum atomic E-state index is -0.269. The summed E-state index contributed by atoms with van der Waals surface area (Å²) in [5, 5.41) is 3.79. The van der Waals surface area contributed by atoms with Crippen molar-refractivity contribution >= 4 is 29.1 Å². The van der Waals surface area contributed by atoms with Crippen molar-refractivity contribution in [2.75, 3.05) is 31.6 Å². The van der Waals surface area contributed by atoms with Crippen LogP contribution in [0.5, 0.6) is 0 Å². The molecule has 2 atom stereocenters. The van der Waals surface area contributed by atoms with E-state index in [1.165, 1.54) is 0 Å². The van der Waals surface area contributed by atoms with Gasteiger partial charge in [-0.25, -0.2) is 0 Å². The van der Waals surface area contributed by atoms with Gasteiger partial charge in [0.2, 0.25) is 11.8 Å². The minimum absolute atomic E-state index is 0.0291. The molecule has 2 fully saturated rings. The number of nitrogens with zero attached hydrogens (tertiary/aromatic N) is 2. The number of carbonyl (C=O) groups excluding carboxylic acids is 2. The average Bonchev–Trinajstić information content (AvgIpc) is 2.96. The molecule has 0 radical (unpaired) electrons. The van der Waals surface area contributed by atoms with E-state index in [0.717, 1.165) is 25.9 Å². The summed E-state index contributed by atoms with van der Waals surface area (Å²) in [6.45, 7) is 1.93. The Hall–Kier alpha value is -1.59. The van der Waals surface area contributed by atoms with Gasteiger partial charge in [-0.3, -0.25) is 9.59 Å². The summed E-state index contributed by atoms with van der Waals surface area (Å²) < 4.78 is 0. The Balaban J connectivity index is 1.70. The SMILES string of the molecule is CNC1CCCN(C(=O)C2CC(=O)N(c3ccccc3Cl)C2)C1. The zero-order valence-corrected chi connectivity index (χ0v) is 14.1. The number of nitrogens with one attached hydrogen (secondary N) is 1. The first kappa shape index (κ1) is 16.3. The minimum Gasteiger partial charge on any atom is -0.341 e. The molecule has 2 aliphatic heterocycles. The number of rotatable bonds is 3. The van der Waals surface area contributed by atoms with Crippen molar-refractivity contribution in [2.45, 2.75) is 25.3 Å². The standard InChI is InChI=1S/C17H22ClN3O2/c1-19-13-5-4-8-20(11-13)17(23)12-9-16(22)21(10-12)15-7-3-2-6-14(15)18/h2-3,6-7,12-13,19H,4-5,8-11H2,1H3. The molecule has 2 unspecified atom stereocenters. The normalized spacial score (nSPS) is 25.0. The van der Waals surface area contributed by atoms with Crippen LogP contribution < -0.4 is 10.2 Å². The van der Waals surface area contributed by atoms with Gasteiger partial charge >= 0.3 is 0 Å². The van der Waals surface area contributed by atoms with Gasteiger partial charge in [0.1, 0.15) is 0 Å². The lowest BCUT2D eigenvalue weighted by molar-refractivity contribution is -0.137. The second-order valence-electron chi connectivity index (χ2n) is 6.27. The lowest BCUT2D eigenvalue weighted by Crippen LogP contribution is -2.49. The number of anilines is 1. The van der Waals surface area contributed by atoms with Gasteiger partial charge in [0, 0.05) is 32.1 Å². The van der Waals surface area contributed by atoms with E-state index >= 15 is 0 Å². The molecule has 124 valence electrons. The number of likely N-dealkylation sites (tertiary alicyclic amines) is 1. The van der Waals surface area contributed by atoms with E-state index in [-0.39, 0.29) is 24.2 Å². The van der Waals surface area contributed by atoms with Crippen molar-refractivity contribution in [2.24, 2.45) is 5.92 Å². The number of benzene rings is 1. The highest BCUT2D eigenvalue weighted by atomic mass is 35.5. The Kier molecular flexibility index (Phi) is 4.87. The average molecular weight is 336 g/mol. The van der Waals surface area contributed by atoms with E-state index in [1.54, 1.807) is 11.0 Å². The number of carbonyl (C=O) groups is 2. The van der Waals surface area contributed by atoms with Crippen LogP contribution in [-0.4, -0.2) is 49.4 Å². The number of amides is 2. The molecule has 1 aromatic carbocycles. The van der Waals surface area contributed by atoms with Crippen LogP contribution in [0.1, 0.15) is 19.3 Å². The first-order valence-electron chi connectivity index (χ1n) is 8.11. The van der Waals surface area contributed by atoms with E-state index in [9.17, 15) is 9.59 Å². The van der Waals surface area contributed by atoms with Crippen molar-refractivity contribution < 1.29 is 9.59 Å². The van der Waals surface area contributed by atoms with Crippen molar-refractivity contribution in [3.05, 3.63) is 29.3 Å². The Bertz CT molecular complexity index is 607. The van der Waals surface area contributed by atoms with Gasteiger partial charge in [0.15, 0.2) is 0 Å². The maximum Gasteiger partial charge on any atom is 0.228 e. The van der Waals surface area contributed by atoms with Crippen LogP contribution in [0.2, 0.25) is 5.02 Å². The van der Waals surface area contributed by atoms with E-state index in [0.29, 0.717) is 23.3 Å². The Morgan fingerprint density at radius 3 is 2.83 bits per heavy atom. The molecular weight excluding hydrogens is 314 g/mol. The summed E-state index contributed by atoms with van der Waals surface area (Å²) in [5.74, 6) is -0.208. The Morgan fingerprint density at radius 2 is 2.09 bits per heavy atom. The lowest BCUT2D eigenvalue weighted by atomic mass is 10.0. The molecule has 0 spiro atoms. The van der Waals surface area contributed by atoms with Crippen LogP contribution >= 0.6 is 11.6 Å². The number of halogens is 1. The zero-order chi connectivity index (χ0) is 16.4. The van der Waals surface area contributed by atoms with Crippen LogP contribution in [-0.2, 0) is 9.59 Å². The fraction of sp³-hybridized carbons (Fsp3) is 0.529. The largest absolute Gasteiger partial charge is 0.341 e. The highest BCUT2D eigenvalue weighted by Crippen LogP contribution is 2.32. The maximum atomic E-state index is 12.8. The molecule has 6 heteroatoms. The summed E-state index contributed by atoms with van der Waals surface area (Å²) in [5.41, 5.74) is 0.696. The van der Waals surface area contributed by atoms with Gasteiger partial charge in [-0.2, -0.15) is 0 Å². The summed E-state index contributed by atoms with van der Waals surface area (Å²) in [6.07, 6.45) is 2.37. The van der Waals surface area contributed by atoms with Gasteiger partial charge in [0.05, 0.1) is 16.6 Å². The van der Waals surface area contributed by atoms with E-state index in [4.69, 9.17) is 11.6 Å². The van der Waals surface area contributed by atoms with Crippen LogP contribution in [0.25, 0.3) is 0 Å². The Morgan fingerprint density at radius 1 is 1.30 bits per heavy atom. The molecule has 0 bridgehead atoms. The molecule has 5 nitrogen and oxygen atoms in total. The van der Waals surface area contributed by atoms with Gasteiger partial charge in [0.25, 0.3) is 0 Å². The molecule has 1 aromatic rings. The molecule has 1 N–H and O–H groups in total. The first-order chi connectivity index (χ1) is 11.1. The summed E-state index contributed by atoms with van der Waals surface area (Å²) in [6, 6.07) is 7.63. The third kappa shape index (κ3) is 3.35. The van der Waals surface area contributed by atoms with Crippen LogP contribution in [0.15, 0.2) is 24.3 Å². The monoisotopic (exact) mass is 335 g/mol. The Labute approximate surface area is 141 Å². The van der Waals surface area contributed by atoms with Crippen LogP contribution in [0.3, 0.4) is 0 Å². The van der Waals surface area contributed by atoms with Gasteiger partial charge in [-0.15, -0.1) is 0 Å². The lowest BCUT2D eigenvalue weighted by Gasteiger charge is -2.34. The van der Waals surface area contributed by atoms with E-state index < -0.39 is 0 Å². The highest BCUT2D eigenvalue weighted by molar-refractivity contribution is 6.33. The summed E-state index contributed by atoms with van der Waals surface area (Å²) in [7, 11) is 1.93. The predicted octanol–water partition coefficient (Wildman–Crippen LogP) is 1.90. The molecule has 2 amide bonds. The quantitative estimate of drug-likeness (QED) is 0.918. The number of hydrogen-bond acceptors (Lipinski definition) is 3. The molecule has 23 heavy (non-hydrogen) atoms. The fourth-order valence-corrected chi connectivity index (χ4v) is 3.69. The van der Waals surface area contributed by atoms with Crippen LogP contribution in [0.4, 0.5) is 5.69 Å². The topological polar surface area (TPSA) is 52.7 Å². The predicted molar refractivity (Wildman–Crippen MR) is 90.6 cm³/mol.